The lowest BCUT2D eigenvalue weighted by Crippen LogP contribution is -2.28. The van der Waals surface area contributed by atoms with Crippen LogP contribution in [0.1, 0.15) is 22.3 Å². The molecular weight excluding hydrogens is 218 g/mol. The number of terminal acetylenes is 1. The number of aromatic carboxylic acids is 1. The molecule has 1 heterocycles. The zero-order chi connectivity index (χ0) is 12.4. The fourth-order valence-electron chi connectivity index (χ4n) is 1.98. The van der Waals surface area contributed by atoms with Crippen molar-refractivity contribution in [1.82, 2.24) is 0 Å². The molecule has 0 fully saturated rings. The second-order valence-electron chi connectivity index (χ2n) is 3.82. The summed E-state index contributed by atoms with van der Waals surface area (Å²) in [4.78, 5) is 24.1. The Hall–Kier alpha value is -2.28. The summed E-state index contributed by atoms with van der Waals surface area (Å²) in [7, 11) is 0. The van der Waals surface area contributed by atoms with Crippen LogP contribution < -0.4 is 4.90 Å². The van der Waals surface area contributed by atoms with Crippen LogP contribution >= 0.6 is 0 Å². The number of fused-ring (bicyclic) bond motifs is 1. The predicted molar refractivity (Wildman–Crippen MR) is 62.9 cm³/mol. The number of carbonyl (C=O) groups is 2. The normalized spacial score (nSPS) is 13.0. The van der Waals surface area contributed by atoms with E-state index >= 15 is 0 Å². The summed E-state index contributed by atoms with van der Waals surface area (Å²) in [6.07, 6.45) is 5.85. The highest BCUT2D eigenvalue weighted by Gasteiger charge is 2.24. The van der Waals surface area contributed by atoms with Gasteiger partial charge in [0.05, 0.1) is 12.0 Å². The van der Waals surface area contributed by atoms with Gasteiger partial charge in [-0.15, -0.1) is 6.42 Å². The van der Waals surface area contributed by atoms with Gasteiger partial charge in [-0.2, -0.15) is 0 Å². The molecule has 0 saturated heterocycles. The molecule has 0 atom stereocenters. The summed E-state index contributed by atoms with van der Waals surface area (Å²) in [5.41, 5.74) is 1.90. The van der Waals surface area contributed by atoms with Gasteiger partial charge in [0.2, 0.25) is 5.91 Å². The summed E-state index contributed by atoms with van der Waals surface area (Å²) in [6, 6.07) is 4.78. The van der Waals surface area contributed by atoms with Crippen LogP contribution in [0.2, 0.25) is 0 Å². The van der Waals surface area contributed by atoms with Gasteiger partial charge < -0.3 is 10.0 Å². The van der Waals surface area contributed by atoms with Gasteiger partial charge in [0.1, 0.15) is 0 Å². The lowest BCUT2D eigenvalue weighted by Gasteiger charge is -2.15. The number of nitrogens with zero attached hydrogens (tertiary/aromatic N) is 1. The average Bonchev–Trinajstić information content (AvgIpc) is 2.71. The van der Waals surface area contributed by atoms with Crippen LogP contribution in [0.4, 0.5) is 5.69 Å². The number of amides is 1. The van der Waals surface area contributed by atoms with E-state index in [1.165, 1.54) is 6.07 Å². The number of benzene rings is 1. The Kier molecular flexibility index (Phi) is 2.84. The summed E-state index contributed by atoms with van der Waals surface area (Å²) in [6.45, 7) is 0.568. The van der Waals surface area contributed by atoms with E-state index in [2.05, 4.69) is 5.92 Å². The van der Waals surface area contributed by atoms with Crippen LogP contribution in [0.15, 0.2) is 18.2 Å². The molecule has 1 aliphatic rings. The molecule has 4 nitrogen and oxygen atoms in total. The molecular formula is C13H11NO3. The molecule has 0 radical (unpaired) electrons. The van der Waals surface area contributed by atoms with Gasteiger partial charge in [0.25, 0.3) is 0 Å². The van der Waals surface area contributed by atoms with Gasteiger partial charge in [0, 0.05) is 12.2 Å². The lowest BCUT2D eigenvalue weighted by molar-refractivity contribution is -0.117. The topological polar surface area (TPSA) is 57.6 Å². The molecule has 2 rings (SSSR count). The van der Waals surface area contributed by atoms with Crippen molar-refractivity contribution < 1.29 is 14.7 Å². The first-order chi connectivity index (χ1) is 8.13. The van der Waals surface area contributed by atoms with Crippen molar-refractivity contribution >= 4 is 17.6 Å². The highest BCUT2D eigenvalue weighted by molar-refractivity contribution is 5.97. The largest absolute Gasteiger partial charge is 0.478 e. The summed E-state index contributed by atoms with van der Waals surface area (Å²) in [5.74, 6) is 1.25. The first-order valence-corrected chi connectivity index (χ1v) is 5.23. The van der Waals surface area contributed by atoms with Crippen molar-refractivity contribution in [3.05, 3.63) is 29.3 Å². The van der Waals surface area contributed by atoms with Crippen LogP contribution in [0, 0.1) is 12.3 Å². The van der Waals surface area contributed by atoms with Gasteiger partial charge in [-0.1, -0.05) is 5.92 Å². The third-order valence-electron chi connectivity index (χ3n) is 2.78. The molecule has 0 aromatic heterocycles. The lowest BCUT2D eigenvalue weighted by atomic mass is 10.1. The monoisotopic (exact) mass is 229 g/mol. The molecule has 0 bridgehead atoms. The molecule has 86 valence electrons. The van der Waals surface area contributed by atoms with Crippen molar-refractivity contribution in [1.29, 1.82) is 0 Å². The van der Waals surface area contributed by atoms with Crippen molar-refractivity contribution in [2.45, 2.75) is 12.8 Å². The molecule has 0 unspecified atom stereocenters. The van der Waals surface area contributed by atoms with Crippen LogP contribution in [-0.2, 0) is 11.2 Å². The van der Waals surface area contributed by atoms with Gasteiger partial charge in [-0.3, -0.25) is 4.79 Å². The summed E-state index contributed by atoms with van der Waals surface area (Å²) < 4.78 is 0. The molecule has 0 saturated carbocycles. The zero-order valence-corrected chi connectivity index (χ0v) is 9.14. The molecule has 1 aromatic rings. The second kappa shape index (κ2) is 4.30. The Bertz CT molecular complexity index is 528. The SMILES string of the molecule is C#CCC(=O)N1CCc2cc(C(=O)O)ccc21. The summed E-state index contributed by atoms with van der Waals surface area (Å²) >= 11 is 0. The Morgan fingerprint density at radius 2 is 2.24 bits per heavy atom. The maximum atomic E-state index is 11.7. The molecule has 1 N–H and O–H groups in total. The van der Waals surface area contributed by atoms with Gasteiger partial charge in [0.15, 0.2) is 0 Å². The Morgan fingerprint density at radius 1 is 1.47 bits per heavy atom. The number of carboxylic acid groups (broad SMARTS) is 1. The minimum absolute atomic E-state index is 0.0696. The van der Waals surface area contributed by atoms with E-state index in [0.29, 0.717) is 13.0 Å². The maximum absolute atomic E-state index is 11.7. The van der Waals surface area contributed by atoms with Crippen molar-refractivity contribution in [2.24, 2.45) is 0 Å². The highest BCUT2D eigenvalue weighted by atomic mass is 16.4. The van der Waals surface area contributed by atoms with E-state index in [4.69, 9.17) is 11.5 Å². The molecule has 4 heteroatoms. The molecule has 1 aromatic carbocycles. The Morgan fingerprint density at radius 3 is 2.88 bits per heavy atom. The van der Waals surface area contributed by atoms with Crippen molar-refractivity contribution in [3.63, 3.8) is 0 Å². The first-order valence-electron chi connectivity index (χ1n) is 5.23. The van der Waals surface area contributed by atoms with Crippen molar-refractivity contribution in [3.8, 4) is 12.3 Å². The molecule has 1 amide bonds. The van der Waals surface area contributed by atoms with Gasteiger partial charge >= 0.3 is 5.97 Å². The van der Waals surface area contributed by atoms with Crippen molar-refractivity contribution in [2.75, 3.05) is 11.4 Å². The van der Waals surface area contributed by atoms with Gasteiger partial charge in [-0.25, -0.2) is 4.79 Å². The highest BCUT2D eigenvalue weighted by Crippen LogP contribution is 2.29. The molecule has 0 aliphatic carbocycles. The molecule has 0 spiro atoms. The number of hydrogen-bond acceptors (Lipinski definition) is 2. The number of rotatable bonds is 2. The van der Waals surface area contributed by atoms with Gasteiger partial charge in [-0.05, 0) is 30.2 Å². The number of carbonyl (C=O) groups excluding carboxylic acids is 1. The minimum Gasteiger partial charge on any atom is -0.478 e. The van der Waals surface area contributed by atoms with E-state index in [1.807, 2.05) is 0 Å². The van der Waals surface area contributed by atoms with E-state index in [9.17, 15) is 9.59 Å². The van der Waals surface area contributed by atoms with Crippen LogP contribution in [-0.4, -0.2) is 23.5 Å². The quantitative estimate of drug-likeness (QED) is 0.777. The fourth-order valence-corrected chi connectivity index (χ4v) is 1.98. The Labute approximate surface area is 98.9 Å². The third kappa shape index (κ3) is 2.00. The zero-order valence-electron chi connectivity index (χ0n) is 9.14. The van der Waals surface area contributed by atoms with E-state index < -0.39 is 5.97 Å². The molecule has 17 heavy (non-hydrogen) atoms. The first kappa shape index (κ1) is 11.2. The summed E-state index contributed by atoms with van der Waals surface area (Å²) in [5, 5.41) is 8.87. The average molecular weight is 229 g/mol. The number of anilines is 1. The van der Waals surface area contributed by atoms with Crippen LogP contribution in [0.5, 0.6) is 0 Å². The van der Waals surface area contributed by atoms with Crippen LogP contribution in [0.25, 0.3) is 0 Å². The maximum Gasteiger partial charge on any atom is 0.335 e. The smallest absolute Gasteiger partial charge is 0.335 e. The number of carboxylic acids is 1. The van der Waals surface area contributed by atoms with E-state index in [1.54, 1.807) is 17.0 Å². The standard InChI is InChI=1S/C13H11NO3/c1-2-3-12(15)14-7-6-9-8-10(13(16)17)4-5-11(9)14/h1,4-5,8H,3,6-7H2,(H,16,17). The minimum atomic E-state index is -0.957. The van der Waals surface area contributed by atoms with E-state index in [-0.39, 0.29) is 17.9 Å². The molecule has 1 aliphatic heterocycles. The third-order valence-corrected chi connectivity index (χ3v) is 2.78. The van der Waals surface area contributed by atoms with E-state index in [0.717, 1.165) is 11.3 Å². The van der Waals surface area contributed by atoms with Crippen LogP contribution in [0.3, 0.4) is 0 Å². The fraction of sp³-hybridized carbons (Fsp3) is 0.231. The predicted octanol–water partition coefficient (Wildman–Crippen LogP) is 1.30. The second-order valence-corrected chi connectivity index (χ2v) is 3.82. The Balaban J connectivity index is 2.31. The number of hydrogen-bond donors (Lipinski definition) is 1.